The number of nitrogens with zero attached hydrogens (tertiary/aromatic N) is 1. The summed E-state index contributed by atoms with van der Waals surface area (Å²) in [6.45, 7) is 0.653. The van der Waals surface area contributed by atoms with Gasteiger partial charge in [0.1, 0.15) is 0 Å². The minimum absolute atomic E-state index is 0.0407. The maximum Gasteiger partial charge on any atom is 0.257 e. The van der Waals surface area contributed by atoms with E-state index >= 15 is 0 Å². The third-order valence-electron chi connectivity index (χ3n) is 3.79. The van der Waals surface area contributed by atoms with E-state index in [-0.39, 0.29) is 22.6 Å². The van der Waals surface area contributed by atoms with Crippen molar-refractivity contribution in [1.82, 2.24) is 10.3 Å². The highest BCUT2D eigenvalue weighted by molar-refractivity contribution is 7.89. The lowest BCUT2D eigenvalue weighted by Crippen LogP contribution is -2.42. The topological polar surface area (TPSA) is 95.6 Å². The Morgan fingerprint density at radius 3 is 2.41 bits per heavy atom. The molecule has 0 aromatic heterocycles. The van der Waals surface area contributed by atoms with Gasteiger partial charge in [0.2, 0.25) is 11.8 Å². The second-order valence-corrected chi connectivity index (χ2v) is 7.19. The highest BCUT2D eigenvalue weighted by atomic mass is 32.2. The summed E-state index contributed by atoms with van der Waals surface area (Å²) in [5, 5.41) is 0. The second kappa shape index (κ2) is 5.69. The molecule has 0 spiro atoms. The van der Waals surface area contributed by atoms with Crippen molar-refractivity contribution in [1.29, 1.82) is 0 Å². The molecule has 1 heterocycles. The predicted molar refractivity (Wildman–Crippen MR) is 79.2 cm³/mol. The quantitative estimate of drug-likeness (QED) is 0.773. The van der Waals surface area contributed by atoms with Crippen molar-refractivity contribution in [2.24, 2.45) is 5.92 Å². The van der Waals surface area contributed by atoms with Crippen LogP contribution in [0.2, 0.25) is 0 Å². The number of nitrogens with one attached hydrogen (secondary N) is 2. The van der Waals surface area contributed by atoms with Crippen LogP contribution in [0.3, 0.4) is 0 Å². The van der Waals surface area contributed by atoms with E-state index in [9.17, 15) is 18.0 Å². The van der Waals surface area contributed by atoms with Gasteiger partial charge in [-0.2, -0.15) is 0 Å². The van der Waals surface area contributed by atoms with Gasteiger partial charge in [0.15, 0.2) is 0 Å². The fourth-order valence-corrected chi connectivity index (χ4v) is 3.20. The molecule has 0 atom stereocenters. The summed E-state index contributed by atoms with van der Waals surface area (Å²) in [5.74, 6) is -0.334. The van der Waals surface area contributed by atoms with E-state index in [1.54, 1.807) is 17.0 Å². The van der Waals surface area contributed by atoms with Crippen molar-refractivity contribution in [2.75, 3.05) is 11.4 Å². The van der Waals surface area contributed by atoms with E-state index in [2.05, 4.69) is 10.3 Å². The molecule has 22 heavy (non-hydrogen) atoms. The van der Waals surface area contributed by atoms with E-state index in [0.717, 1.165) is 19.3 Å². The van der Waals surface area contributed by atoms with Gasteiger partial charge in [0, 0.05) is 24.6 Å². The zero-order chi connectivity index (χ0) is 15.7. The van der Waals surface area contributed by atoms with Crippen LogP contribution in [0.1, 0.15) is 25.7 Å². The number of carbonyl (C=O) groups is 2. The summed E-state index contributed by atoms with van der Waals surface area (Å²) in [4.78, 5) is 26.9. The van der Waals surface area contributed by atoms with E-state index < -0.39 is 10.0 Å². The van der Waals surface area contributed by atoms with Crippen molar-refractivity contribution in [3.8, 4) is 0 Å². The number of benzene rings is 1. The van der Waals surface area contributed by atoms with Crippen LogP contribution in [0.15, 0.2) is 29.2 Å². The van der Waals surface area contributed by atoms with Gasteiger partial charge in [-0.1, -0.05) is 0 Å². The highest BCUT2D eigenvalue weighted by Crippen LogP contribution is 2.28. The lowest BCUT2D eigenvalue weighted by molar-refractivity contribution is -0.122. The van der Waals surface area contributed by atoms with Gasteiger partial charge in [-0.05, 0) is 43.5 Å². The molecule has 7 nitrogen and oxygen atoms in total. The van der Waals surface area contributed by atoms with Crippen molar-refractivity contribution in [3.05, 3.63) is 24.3 Å². The third kappa shape index (κ3) is 3.12. The van der Waals surface area contributed by atoms with Gasteiger partial charge < -0.3 is 4.90 Å². The molecule has 0 radical (unpaired) electrons. The number of anilines is 1. The Hall–Kier alpha value is -1.93. The SMILES string of the molecule is O=C(NNS(=O)(=O)c1ccc(N2CCCC2=O)cc1)C1CC1. The molecule has 1 aliphatic carbocycles. The Balaban J connectivity index is 1.68. The molecule has 8 heteroatoms. The Morgan fingerprint density at radius 1 is 1.18 bits per heavy atom. The van der Waals surface area contributed by atoms with Crippen LogP contribution >= 0.6 is 0 Å². The monoisotopic (exact) mass is 323 g/mol. The fourth-order valence-electron chi connectivity index (χ4n) is 2.35. The molecule has 1 saturated carbocycles. The first kappa shape index (κ1) is 15.0. The third-order valence-corrected chi connectivity index (χ3v) is 5.05. The van der Waals surface area contributed by atoms with Gasteiger partial charge in [0.05, 0.1) is 4.90 Å². The van der Waals surface area contributed by atoms with Gasteiger partial charge in [0.25, 0.3) is 10.0 Å². The van der Waals surface area contributed by atoms with Crippen LogP contribution in [0, 0.1) is 5.92 Å². The first-order chi connectivity index (χ1) is 10.5. The van der Waals surface area contributed by atoms with E-state index in [4.69, 9.17) is 0 Å². The fraction of sp³-hybridized carbons (Fsp3) is 0.429. The molecule has 1 aromatic carbocycles. The molecule has 1 saturated heterocycles. The number of hydrogen-bond acceptors (Lipinski definition) is 4. The van der Waals surface area contributed by atoms with Gasteiger partial charge in [-0.15, -0.1) is 4.83 Å². The molecule has 0 bridgehead atoms. The zero-order valence-corrected chi connectivity index (χ0v) is 12.7. The standard InChI is InChI=1S/C14H17N3O4S/c18-13-2-1-9-17(13)11-5-7-12(8-6-11)22(20,21)16-15-14(19)10-3-4-10/h5-8,10,16H,1-4,9H2,(H,15,19). The van der Waals surface area contributed by atoms with Crippen molar-refractivity contribution < 1.29 is 18.0 Å². The largest absolute Gasteiger partial charge is 0.312 e. The molecule has 1 aromatic rings. The summed E-state index contributed by atoms with van der Waals surface area (Å²) >= 11 is 0. The van der Waals surface area contributed by atoms with Gasteiger partial charge in [-0.25, -0.2) is 8.42 Å². The summed E-state index contributed by atoms with van der Waals surface area (Å²) in [6.07, 6.45) is 2.93. The van der Waals surface area contributed by atoms with E-state index in [1.165, 1.54) is 12.1 Å². The molecule has 2 fully saturated rings. The second-order valence-electron chi connectivity index (χ2n) is 5.51. The molecule has 0 unspecified atom stereocenters. The minimum atomic E-state index is -3.80. The number of carbonyl (C=O) groups excluding carboxylic acids is 2. The Kier molecular flexibility index (Phi) is 3.88. The van der Waals surface area contributed by atoms with Crippen molar-refractivity contribution in [2.45, 2.75) is 30.6 Å². The molecule has 118 valence electrons. The summed E-state index contributed by atoms with van der Waals surface area (Å²) in [6, 6.07) is 6.04. The number of hydrogen-bond donors (Lipinski definition) is 2. The summed E-state index contributed by atoms with van der Waals surface area (Å²) < 4.78 is 24.1. The smallest absolute Gasteiger partial charge is 0.257 e. The molecular formula is C14H17N3O4S. The first-order valence-electron chi connectivity index (χ1n) is 7.19. The number of sulfonamides is 1. The van der Waals surface area contributed by atoms with Crippen LogP contribution in [0.5, 0.6) is 0 Å². The Morgan fingerprint density at radius 2 is 1.86 bits per heavy atom. The molecule has 1 aliphatic heterocycles. The molecule has 2 aliphatic rings. The molecule has 3 rings (SSSR count). The van der Waals surface area contributed by atoms with E-state index in [0.29, 0.717) is 18.7 Å². The van der Waals surface area contributed by atoms with Crippen LogP contribution < -0.4 is 15.2 Å². The zero-order valence-electron chi connectivity index (χ0n) is 11.9. The number of amides is 2. The highest BCUT2D eigenvalue weighted by Gasteiger charge is 2.30. The summed E-state index contributed by atoms with van der Waals surface area (Å²) in [7, 11) is -3.80. The van der Waals surface area contributed by atoms with Crippen LogP contribution in [-0.4, -0.2) is 26.8 Å². The normalized spacial score (nSPS) is 18.5. The van der Waals surface area contributed by atoms with Crippen LogP contribution in [0.25, 0.3) is 0 Å². The lowest BCUT2D eigenvalue weighted by atomic mass is 10.3. The minimum Gasteiger partial charge on any atom is -0.312 e. The van der Waals surface area contributed by atoms with Crippen LogP contribution in [-0.2, 0) is 19.6 Å². The Labute approximate surface area is 128 Å². The van der Waals surface area contributed by atoms with Crippen molar-refractivity contribution >= 4 is 27.5 Å². The van der Waals surface area contributed by atoms with Crippen molar-refractivity contribution in [3.63, 3.8) is 0 Å². The molecular weight excluding hydrogens is 306 g/mol. The molecule has 2 amide bonds. The predicted octanol–water partition coefficient (Wildman–Crippen LogP) is 0.533. The average Bonchev–Trinajstić information content (AvgIpc) is 3.27. The molecule has 2 N–H and O–H groups in total. The van der Waals surface area contributed by atoms with Gasteiger partial charge >= 0.3 is 0 Å². The average molecular weight is 323 g/mol. The maximum atomic E-state index is 12.1. The van der Waals surface area contributed by atoms with Gasteiger partial charge in [-0.3, -0.25) is 15.0 Å². The maximum absolute atomic E-state index is 12.1. The number of rotatable bonds is 5. The summed E-state index contributed by atoms with van der Waals surface area (Å²) in [5.41, 5.74) is 2.90. The number of hydrazine groups is 1. The Bertz CT molecular complexity index is 695. The van der Waals surface area contributed by atoms with Crippen LogP contribution in [0.4, 0.5) is 5.69 Å². The lowest BCUT2D eigenvalue weighted by Gasteiger charge is -2.16. The van der Waals surface area contributed by atoms with E-state index in [1.807, 2.05) is 0 Å². The first-order valence-corrected chi connectivity index (χ1v) is 8.68.